The normalized spacial score (nSPS) is 11.3. The van der Waals surface area contributed by atoms with Crippen LogP contribution < -0.4 is 4.74 Å². The number of alkyl halides is 4. The highest BCUT2D eigenvalue weighted by molar-refractivity contribution is 14.1. The van der Waals surface area contributed by atoms with Crippen LogP contribution in [0.4, 0.5) is 13.2 Å². The molecule has 0 N–H and O–H groups in total. The quantitative estimate of drug-likeness (QED) is 0.434. The number of carbonyl (C=O) groups is 1. The number of carbonyl (C=O) groups excluding carboxylic acids is 1. The minimum atomic E-state index is -4.93. The number of rotatable bonds is 4. The zero-order valence-electron chi connectivity index (χ0n) is 9.55. The van der Waals surface area contributed by atoms with Crippen molar-refractivity contribution >= 4 is 40.2 Å². The van der Waals surface area contributed by atoms with Gasteiger partial charge in [-0.2, -0.15) is 0 Å². The van der Waals surface area contributed by atoms with E-state index in [4.69, 9.17) is 11.6 Å². The van der Waals surface area contributed by atoms with Gasteiger partial charge in [0.05, 0.1) is 21.8 Å². The zero-order valence-corrected chi connectivity index (χ0v) is 12.5. The SMILES string of the molecule is CCOC(=O)c1nc(CCl)cc(I)c1OC(F)(F)F. The molecular weight excluding hydrogens is 401 g/mol. The fraction of sp³-hybridized carbons (Fsp3) is 0.400. The first kappa shape index (κ1) is 16.3. The van der Waals surface area contributed by atoms with Gasteiger partial charge in [-0.3, -0.25) is 0 Å². The van der Waals surface area contributed by atoms with E-state index in [1.54, 1.807) is 22.6 Å². The summed E-state index contributed by atoms with van der Waals surface area (Å²) < 4.78 is 45.4. The molecule has 1 aromatic rings. The summed E-state index contributed by atoms with van der Waals surface area (Å²) in [5.41, 5.74) is -0.287. The Labute approximate surface area is 125 Å². The van der Waals surface area contributed by atoms with Crippen LogP contribution in [-0.2, 0) is 10.6 Å². The number of aromatic nitrogens is 1. The molecule has 4 nitrogen and oxygen atoms in total. The standard InChI is InChI=1S/C10H8ClF3INO3/c1-2-18-9(17)7-8(19-10(12,13)14)6(15)3-5(4-11)16-7/h3H,2,4H2,1H3. The second-order valence-electron chi connectivity index (χ2n) is 3.18. The molecule has 0 saturated heterocycles. The maximum atomic E-state index is 12.3. The van der Waals surface area contributed by atoms with Crippen molar-refractivity contribution in [3.8, 4) is 5.75 Å². The van der Waals surface area contributed by atoms with E-state index >= 15 is 0 Å². The van der Waals surface area contributed by atoms with Gasteiger partial charge in [-0.05, 0) is 35.6 Å². The monoisotopic (exact) mass is 409 g/mol. The number of esters is 1. The smallest absolute Gasteiger partial charge is 0.461 e. The lowest BCUT2D eigenvalue weighted by molar-refractivity contribution is -0.275. The van der Waals surface area contributed by atoms with Gasteiger partial charge in [-0.1, -0.05) is 0 Å². The highest BCUT2D eigenvalue weighted by Gasteiger charge is 2.35. The summed E-state index contributed by atoms with van der Waals surface area (Å²) in [5.74, 6) is -1.72. The van der Waals surface area contributed by atoms with Gasteiger partial charge in [-0.15, -0.1) is 24.8 Å². The van der Waals surface area contributed by atoms with E-state index in [1.165, 1.54) is 13.0 Å². The lowest BCUT2D eigenvalue weighted by Gasteiger charge is -2.14. The van der Waals surface area contributed by atoms with Crippen LogP contribution in [0.25, 0.3) is 0 Å². The van der Waals surface area contributed by atoms with Crippen LogP contribution in [-0.4, -0.2) is 23.9 Å². The van der Waals surface area contributed by atoms with Gasteiger partial charge in [0, 0.05) is 0 Å². The van der Waals surface area contributed by atoms with E-state index in [1.807, 2.05) is 0 Å². The average Bonchev–Trinajstić information content (AvgIpc) is 2.30. The van der Waals surface area contributed by atoms with E-state index in [2.05, 4.69) is 14.5 Å². The number of nitrogens with zero attached hydrogens (tertiary/aromatic N) is 1. The van der Waals surface area contributed by atoms with Crippen molar-refractivity contribution in [2.75, 3.05) is 6.61 Å². The predicted octanol–water partition coefficient (Wildman–Crippen LogP) is 3.50. The molecule has 1 aromatic heterocycles. The number of pyridine rings is 1. The first-order chi connectivity index (χ1) is 8.78. The first-order valence-electron chi connectivity index (χ1n) is 4.96. The number of hydrogen-bond acceptors (Lipinski definition) is 4. The molecule has 0 aliphatic carbocycles. The molecule has 9 heteroatoms. The molecule has 0 saturated carbocycles. The van der Waals surface area contributed by atoms with Gasteiger partial charge in [0.1, 0.15) is 0 Å². The Morgan fingerprint density at radius 3 is 2.63 bits per heavy atom. The lowest BCUT2D eigenvalue weighted by atomic mass is 10.3. The molecule has 0 bridgehead atoms. The van der Waals surface area contributed by atoms with Gasteiger partial charge in [0.2, 0.25) is 0 Å². The Bertz CT molecular complexity index is 482. The lowest BCUT2D eigenvalue weighted by Crippen LogP contribution is -2.21. The third-order valence-electron chi connectivity index (χ3n) is 1.80. The van der Waals surface area contributed by atoms with Crippen LogP contribution in [0.2, 0.25) is 0 Å². The van der Waals surface area contributed by atoms with Crippen molar-refractivity contribution in [2.24, 2.45) is 0 Å². The maximum Gasteiger partial charge on any atom is 0.573 e. The van der Waals surface area contributed by atoms with Crippen molar-refractivity contribution in [1.29, 1.82) is 0 Å². The van der Waals surface area contributed by atoms with Crippen LogP contribution in [0.1, 0.15) is 23.1 Å². The van der Waals surface area contributed by atoms with Crippen LogP contribution in [0, 0.1) is 3.57 Å². The summed E-state index contributed by atoms with van der Waals surface area (Å²) in [6.07, 6.45) is -4.93. The molecular formula is C10H8ClF3INO3. The summed E-state index contributed by atoms with van der Waals surface area (Å²) in [6.45, 7) is 1.53. The number of hydrogen-bond donors (Lipinski definition) is 0. The van der Waals surface area contributed by atoms with Crippen LogP contribution >= 0.6 is 34.2 Å². The summed E-state index contributed by atoms with van der Waals surface area (Å²) in [5, 5.41) is 0. The summed E-state index contributed by atoms with van der Waals surface area (Å²) >= 11 is 7.16. The maximum absolute atomic E-state index is 12.3. The molecule has 19 heavy (non-hydrogen) atoms. The zero-order chi connectivity index (χ0) is 14.6. The van der Waals surface area contributed by atoms with E-state index in [0.29, 0.717) is 0 Å². The first-order valence-corrected chi connectivity index (χ1v) is 6.58. The highest BCUT2D eigenvalue weighted by atomic mass is 127. The number of halogens is 5. The van der Waals surface area contributed by atoms with Crippen LogP contribution in [0.15, 0.2) is 6.07 Å². The van der Waals surface area contributed by atoms with Gasteiger partial charge in [0.15, 0.2) is 11.4 Å². The van der Waals surface area contributed by atoms with Crippen molar-refractivity contribution < 1.29 is 27.4 Å². The summed E-state index contributed by atoms with van der Waals surface area (Å²) in [7, 11) is 0. The molecule has 0 aliphatic heterocycles. The van der Waals surface area contributed by atoms with Crippen molar-refractivity contribution in [3.63, 3.8) is 0 Å². The molecule has 0 atom stereocenters. The second kappa shape index (κ2) is 6.60. The molecule has 0 aliphatic rings. The van der Waals surface area contributed by atoms with Gasteiger partial charge in [0.25, 0.3) is 0 Å². The van der Waals surface area contributed by atoms with E-state index < -0.39 is 23.8 Å². The minimum absolute atomic E-state index is 0.00759. The fourth-order valence-corrected chi connectivity index (χ4v) is 2.03. The van der Waals surface area contributed by atoms with E-state index in [0.717, 1.165) is 0 Å². The van der Waals surface area contributed by atoms with Crippen molar-refractivity contribution in [2.45, 2.75) is 19.2 Å². The average molecular weight is 410 g/mol. The topological polar surface area (TPSA) is 48.4 Å². The highest BCUT2D eigenvalue weighted by Crippen LogP contribution is 2.31. The third kappa shape index (κ3) is 4.68. The molecule has 0 fully saturated rings. The molecule has 0 unspecified atom stereocenters. The fourth-order valence-electron chi connectivity index (χ4n) is 1.17. The Hall–Kier alpha value is -0.770. The second-order valence-corrected chi connectivity index (χ2v) is 4.60. The van der Waals surface area contributed by atoms with Gasteiger partial charge >= 0.3 is 12.3 Å². The Morgan fingerprint density at radius 2 is 2.16 bits per heavy atom. The molecule has 0 amide bonds. The molecule has 0 spiro atoms. The third-order valence-corrected chi connectivity index (χ3v) is 2.88. The number of ether oxygens (including phenoxy) is 2. The van der Waals surface area contributed by atoms with Crippen molar-refractivity contribution in [3.05, 3.63) is 21.0 Å². The Kier molecular flexibility index (Phi) is 5.65. The predicted molar refractivity (Wildman–Crippen MR) is 69.2 cm³/mol. The molecule has 0 radical (unpaired) electrons. The van der Waals surface area contributed by atoms with Crippen molar-refractivity contribution in [1.82, 2.24) is 4.98 Å². The van der Waals surface area contributed by atoms with E-state index in [-0.39, 0.29) is 21.8 Å². The Morgan fingerprint density at radius 1 is 1.53 bits per heavy atom. The summed E-state index contributed by atoms with van der Waals surface area (Å²) in [6, 6.07) is 1.30. The molecule has 1 rings (SSSR count). The largest absolute Gasteiger partial charge is 0.573 e. The van der Waals surface area contributed by atoms with Gasteiger partial charge < -0.3 is 9.47 Å². The van der Waals surface area contributed by atoms with Crippen LogP contribution in [0.3, 0.4) is 0 Å². The van der Waals surface area contributed by atoms with Gasteiger partial charge in [-0.25, -0.2) is 9.78 Å². The Balaban J connectivity index is 3.29. The molecule has 106 valence electrons. The van der Waals surface area contributed by atoms with Crippen LogP contribution in [0.5, 0.6) is 5.75 Å². The van der Waals surface area contributed by atoms with E-state index in [9.17, 15) is 18.0 Å². The molecule has 0 aromatic carbocycles. The molecule has 1 heterocycles. The minimum Gasteiger partial charge on any atom is -0.461 e. The summed E-state index contributed by atoms with van der Waals surface area (Å²) in [4.78, 5) is 15.3.